The molecule has 0 bridgehead atoms. The number of hydrogen-bond acceptors (Lipinski definition) is 4. The fourth-order valence-corrected chi connectivity index (χ4v) is 8.34. The molecule has 5 aliphatic rings. The standard InChI is InChI=1S/C24H33NO3/c1-3-15-13-16-14-17(25-27)5-6-18(16)19-7-10-23(4-2)20(22(15)19)8-11-24(23)12-9-21(26)28-24/h9,12,14-15,18-20,22,27H,3-8,10-11,13H2,1-2H3/b25-17+/t15-,18-,19?,20?,22?,23-,24+/m0/s1. The minimum atomic E-state index is -0.341. The minimum Gasteiger partial charge on any atom is -0.451 e. The molecule has 3 unspecified atom stereocenters. The molecule has 1 spiro atoms. The van der Waals surface area contributed by atoms with Crippen molar-refractivity contribution in [2.75, 3.05) is 0 Å². The first kappa shape index (κ1) is 18.4. The van der Waals surface area contributed by atoms with Crippen LogP contribution in [0, 0.1) is 35.0 Å². The summed E-state index contributed by atoms with van der Waals surface area (Å²) in [6.45, 7) is 4.66. The average molecular weight is 384 g/mol. The SMILES string of the molecule is CC[C@H]1CC2=C/C(=N/O)CC[C@@H]2C2CC[C@@]3(CC)C(CC[C@@]34C=CC(=O)O4)C21. The van der Waals surface area contributed by atoms with Crippen molar-refractivity contribution in [3.05, 3.63) is 23.8 Å². The van der Waals surface area contributed by atoms with Crippen LogP contribution in [0.4, 0.5) is 0 Å². The Labute approximate surface area is 168 Å². The Morgan fingerprint density at radius 1 is 1.25 bits per heavy atom. The smallest absolute Gasteiger partial charge is 0.331 e. The molecule has 4 nitrogen and oxygen atoms in total. The molecule has 0 amide bonds. The van der Waals surface area contributed by atoms with Crippen LogP contribution in [0.5, 0.6) is 0 Å². The number of esters is 1. The number of ether oxygens (including phenoxy) is 1. The molecule has 3 fully saturated rings. The third-order valence-electron chi connectivity index (χ3n) is 9.42. The molecule has 1 heterocycles. The van der Waals surface area contributed by atoms with Gasteiger partial charge in [0, 0.05) is 11.5 Å². The third-order valence-corrected chi connectivity index (χ3v) is 9.42. The number of fused-ring (bicyclic) bond motifs is 6. The predicted molar refractivity (Wildman–Crippen MR) is 108 cm³/mol. The van der Waals surface area contributed by atoms with Gasteiger partial charge >= 0.3 is 5.97 Å². The van der Waals surface area contributed by atoms with Gasteiger partial charge < -0.3 is 9.94 Å². The highest BCUT2D eigenvalue weighted by Crippen LogP contribution is 2.69. The summed E-state index contributed by atoms with van der Waals surface area (Å²) in [5, 5.41) is 12.8. The number of nitrogens with zero attached hydrogens (tertiary/aromatic N) is 1. The molecule has 0 saturated heterocycles. The molecular weight excluding hydrogens is 350 g/mol. The van der Waals surface area contributed by atoms with Crippen LogP contribution in [0.2, 0.25) is 0 Å². The molecule has 0 aromatic rings. The molecule has 28 heavy (non-hydrogen) atoms. The maximum Gasteiger partial charge on any atom is 0.331 e. The van der Waals surface area contributed by atoms with Gasteiger partial charge in [0.25, 0.3) is 0 Å². The Morgan fingerprint density at radius 3 is 2.79 bits per heavy atom. The molecule has 5 rings (SSSR count). The summed E-state index contributed by atoms with van der Waals surface area (Å²) < 4.78 is 6.05. The quantitative estimate of drug-likeness (QED) is 0.401. The van der Waals surface area contributed by atoms with Gasteiger partial charge in [-0.05, 0) is 93.1 Å². The van der Waals surface area contributed by atoms with Gasteiger partial charge in [0.2, 0.25) is 0 Å². The van der Waals surface area contributed by atoms with E-state index in [0.717, 1.165) is 49.7 Å². The van der Waals surface area contributed by atoms with Crippen molar-refractivity contribution in [2.45, 2.75) is 77.2 Å². The Hall–Kier alpha value is -1.58. The average Bonchev–Trinajstić information content (AvgIpc) is 3.27. The van der Waals surface area contributed by atoms with E-state index in [1.807, 2.05) is 0 Å². The second-order valence-electron chi connectivity index (χ2n) is 9.91. The first-order chi connectivity index (χ1) is 13.6. The van der Waals surface area contributed by atoms with Crippen molar-refractivity contribution < 1.29 is 14.7 Å². The summed E-state index contributed by atoms with van der Waals surface area (Å²) in [5.74, 6) is 3.35. The molecule has 0 aromatic heterocycles. The first-order valence-electron chi connectivity index (χ1n) is 11.4. The molecule has 0 aromatic carbocycles. The van der Waals surface area contributed by atoms with Crippen LogP contribution < -0.4 is 0 Å². The van der Waals surface area contributed by atoms with E-state index in [2.05, 4.69) is 31.2 Å². The first-order valence-corrected chi connectivity index (χ1v) is 11.4. The number of allylic oxidation sites excluding steroid dienone is 2. The monoisotopic (exact) mass is 383 g/mol. The van der Waals surface area contributed by atoms with E-state index in [9.17, 15) is 10.0 Å². The Bertz CT molecular complexity index is 768. The van der Waals surface area contributed by atoms with Crippen molar-refractivity contribution in [3.63, 3.8) is 0 Å². The van der Waals surface area contributed by atoms with Gasteiger partial charge in [0.15, 0.2) is 0 Å². The number of carbonyl (C=O) groups is 1. The number of hydrogen-bond donors (Lipinski definition) is 1. The van der Waals surface area contributed by atoms with Crippen LogP contribution in [-0.2, 0) is 9.53 Å². The largest absolute Gasteiger partial charge is 0.451 e. The molecule has 3 saturated carbocycles. The Balaban J connectivity index is 1.53. The topological polar surface area (TPSA) is 58.9 Å². The van der Waals surface area contributed by atoms with Crippen LogP contribution >= 0.6 is 0 Å². The van der Waals surface area contributed by atoms with Crippen LogP contribution in [0.25, 0.3) is 0 Å². The molecule has 1 aliphatic heterocycles. The summed E-state index contributed by atoms with van der Waals surface area (Å²) >= 11 is 0. The lowest BCUT2D eigenvalue weighted by Crippen LogP contribution is -2.55. The van der Waals surface area contributed by atoms with E-state index in [0.29, 0.717) is 17.8 Å². The van der Waals surface area contributed by atoms with Gasteiger partial charge in [-0.25, -0.2) is 4.79 Å². The van der Waals surface area contributed by atoms with Gasteiger partial charge in [-0.2, -0.15) is 0 Å². The van der Waals surface area contributed by atoms with Crippen molar-refractivity contribution in [2.24, 2.45) is 40.2 Å². The van der Waals surface area contributed by atoms with Crippen LogP contribution in [-0.4, -0.2) is 22.5 Å². The zero-order chi connectivity index (χ0) is 19.5. The fourth-order valence-electron chi connectivity index (χ4n) is 8.34. The third kappa shape index (κ3) is 2.29. The van der Waals surface area contributed by atoms with E-state index in [1.54, 1.807) is 6.08 Å². The zero-order valence-electron chi connectivity index (χ0n) is 17.2. The number of oxime groups is 1. The molecule has 0 radical (unpaired) electrons. The summed E-state index contributed by atoms with van der Waals surface area (Å²) in [5.41, 5.74) is 2.18. The number of carbonyl (C=O) groups excluding carboxylic acids is 1. The molecular formula is C24H33NO3. The molecule has 1 N–H and O–H groups in total. The van der Waals surface area contributed by atoms with Crippen molar-refractivity contribution in [1.82, 2.24) is 0 Å². The molecule has 4 aliphatic carbocycles. The number of rotatable bonds is 2. The van der Waals surface area contributed by atoms with Crippen molar-refractivity contribution in [3.8, 4) is 0 Å². The van der Waals surface area contributed by atoms with E-state index >= 15 is 0 Å². The lowest BCUT2D eigenvalue weighted by Gasteiger charge is -2.58. The summed E-state index contributed by atoms with van der Waals surface area (Å²) in [6.07, 6.45) is 16.1. The van der Waals surface area contributed by atoms with Crippen molar-refractivity contribution >= 4 is 11.7 Å². The maximum absolute atomic E-state index is 12.0. The highest BCUT2D eigenvalue weighted by molar-refractivity contribution is 5.96. The highest BCUT2D eigenvalue weighted by atomic mass is 16.6. The van der Waals surface area contributed by atoms with E-state index in [1.165, 1.54) is 31.3 Å². The van der Waals surface area contributed by atoms with Crippen molar-refractivity contribution in [1.29, 1.82) is 0 Å². The van der Waals surface area contributed by atoms with Crippen LogP contribution in [0.15, 0.2) is 29.0 Å². The zero-order valence-corrected chi connectivity index (χ0v) is 17.2. The lowest BCUT2D eigenvalue weighted by molar-refractivity contribution is -0.166. The Kier molecular flexibility index (Phi) is 4.26. The fraction of sp³-hybridized carbons (Fsp3) is 0.750. The van der Waals surface area contributed by atoms with Gasteiger partial charge in [-0.3, -0.25) is 0 Å². The summed E-state index contributed by atoms with van der Waals surface area (Å²) in [7, 11) is 0. The molecule has 152 valence electrons. The Morgan fingerprint density at radius 2 is 2.11 bits per heavy atom. The van der Waals surface area contributed by atoms with Gasteiger partial charge in [0.05, 0.1) is 5.71 Å². The lowest BCUT2D eigenvalue weighted by atomic mass is 9.47. The highest BCUT2D eigenvalue weighted by Gasteiger charge is 2.67. The summed E-state index contributed by atoms with van der Waals surface area (Å²) in [6, 6.07) is 0. The molecule has 4 heteroatoms. The summed E-state index contributed by atoms with van der Waals surface area (Å²) in [4.78, 5) is 12.0. The van der Waals surface area contributed by atoms with E-state index < -0.39 is 0 Å². The molecule has 7 atom stereocenters. The van der Waals surface area contributed by atoms with Gasteiger partial charge in [-0.15, -0.1) is 0 Å². The second kappa shape index (κ2) is 6.47. The van der Waals surface area contributed by atoms with Gasteiger partial charge in [0.1, 0.15) is 5.60 Å². The van der Waals surface area contributed by atoms with Crippen LogP contribution in [0.1, 0.15) is 71.6 Å². The predicted octanol–water partition coefficient (Wildman–Crippen LogP) is 5.27. The van der Waals surface area contributed by atoms with Gasteiger partial charge in [-0.1, -0.05) is 31.0 Å². The van der Waals surface area contributed by atoms with E-state index in [-0.39, 0.29) is 17.0 Å². The maximum atomic E-state index is 12.0. The minimum absolute atomic E-state index is 0.123. The second-order valence-corrected chi connectivity index (χ2v) is 9.91. The van der Waals surface area contributed by atoms with E-state index in [4.69, 9.17) is 4.74 Å². The van der Waals surface area contributed by atoms with Crippen LogP contribution in [0.3, 0.4) is 0 Å². The normalized spacial score (nSPS) is 48.2.